The second-order valence-electron chi connectivity index (χ2n) is 5.25. The molecule has 0 saturated heterocycles. The molecule has 0 aliphatic rings. The molecule has 3 heteroatoms. The van der Waals surface area contributed by atoms with Crippen molar-refractivity contribution in [2.75, 3.05) is 0 Å². The van der Waals surface area contributed by atoms with Crippen LogP contribution in [-0.2, 0) is 4.79 Å². The monoisotopic (exact) mass is 283 g/mol. The summed E-state index contributed by atoms with van der Waals surface area (Å²) in [5.74, 6) is -0.639. The molecule has 1 atom stereocenters. The topological polar surface area (TPSA) is 63.3 Å². The van der Waals surface area contributed by atoms with E-state index in [-0.39, 0.29) is 5.92 Å². The minimum atomic E-state index is -0.925. The number of carbonyl (C=O) groups is 1. The highest BCUT2D eigenvalue weighted by Gasteiger charge is 2.16. The van der Waals surface area contributed by atoms with Gasteiger partial charge in [0, 0.05) is 5.92 Å². The van der Waals surface area contributed by atoms with E-state index in [9.17, 15) is 4.79 Å². The van der Waals surface area contributed by atoms with Crippen LogP contribution in [0.4, 0.5) is 0 Å². The van der Waals surface area contributed by atoms with E-state index in [0.717, 1.165) is 12.8 Å². The van der Waals surface area contributed by atoms with E-state index in [1.54, 1.807) is 0 Å². The SMILES string of the molecule is NC(CCCC(c1ccccc1)c1ccccc1)C(=O)O. The van der Waals surface area contributed by atoms with Gasteiger partial charge in [-0.25, -0.2) is 0 Å². The maximum absolute atomic E-state index is 10.8. The number of rotatable bonds is 7. The average molecular weight is 283 g/mol. The quantitative estimate of drug-likeness (QED) is 0.818. The van der Waals surface area contributed by atoms with Crippen molar-refractivity contribution in [2.24, 2.45) is 5.73 Å². The summed E-state index contributed by atoms with van der Waals surface area (Å²) in [6.07, 6.45) is 2.20. The van der Waals surface area contributed by atoms with Gasteiger partial charge in [-0.15, -0.1) is 0 Å². The molecule has 2 rings (SSSR count). The van der Waals surface area contributed by atoms with Crippen molar-refractivity contribution in [3.05, 3.63) is 71.8 Å². The highest BCUT2D eigenvalue weighted by atomic mass is 16.4. The van der Waals surface area contributed by atoms with Crippen LogP contribution in [0.5, 0.6) is 0 Å². The number of carboxylic acid groups (broad SMARTS) is 1. The Morgan fingerprint density at radius 2 is 1.38 bits per heavy atom. The molecule has 3 N–H and O–H groups in total. The van der Waals surface area contributed by atoms with Crippen molar-refractivity contribution in [1.82, 2.24) is 0 Å². The van der Waals surface area contributed by atoms with Gasteiger partial charge >= 0.3 is 5.97 Å². The van der Waals surface area contributed by atoms with Crippen LogP contribution in [0, 0.1) is 0 Å². The summed E-state index contributed by atoms with van der Waals surface area (Å²) in [4.78, 5) is 10.8. The first-order valence-electron chi connectivity index (χ1n) is 7.26. The van der Waals surface area contributed by atoms with Gasteiger partial charge in [-0.2, -0.15) is 0 Å². The third-order valence-electron chi connectivity index (χ3n) is 3.73. The van der Waals surface area contributed by atoms with E-state index in [4.69, 9.17) is 10.8 Å². The van der Waals surface area contributed by atoms with Crippen LogP contribution >= 0.6 is 0 Å². The van der Waals surface area contributed by atoms with Gasteiger partial charge in [-0.3, -0.25) is 4.79 Å². The largest absolute Gasteiger partial charge is 0.480 e. The summed E-state index contributed by atoms with van der Waals surface area (Å²) in [6, 6.07) is 19.9. The van der Waals surface area contributed by atoms with E-state index >= 15 is 0 Å². The van der Waals surface area contributed by atoms with Crippen LogP contribution in [-0.4, -0.2) is 17.1 Å². The highest BCUT2D eigenvalue weighted by molar-refractivity contribution is 5.72. The fourth-order valence-corrected chi connectivity index (χ4v) is 2.56. The Hall–Kier alpha value is -2.13. The second kappa shape index (κ2) is 7.60. The average Bonchev–Trinajstić information content (AvgIpc) is 2.53. The van der Waals surface area contributed by atoms with Crippen LogP contribution in [0.3, 0.4) is 0 Å². The first-order chi connectivity index (χ1) is 10.2. The van der Waals surface area contributed by atoms with Gasteiger partial charge in [0.05, 0.1) is 0 Å². The van der Waals surface area contributed by atoms with Gasteiger partial charge in [-0.05, 0) is 24.0 Å². The third kappa shape index (κ3) is 4.43. The molecule has 110 valence electrons. The van der Waals surface area contributed by atoms with Gasteiger partial charge < -0.3 is 10.8 Å². The molecule has 3 nitrogen and oxygen atoms in total. The van der Waals surface area contributed by atoms with Crippen LogP contribution in [0.15, 0.2) is 60.7 Å². The Balaban J connectivity index is 2.09. The summed E-state index contributed by atoms with van der Waals surface area (Å²) in [5, 5.41) is 8.86. The molecule has 1 unspecified atom stereocenters. The predicted octanol–water partition coefficient (Wildman–Crippen LogP) is 3.40. The summed E-state index contributed by atoms with van der Waals surface area (Å²) in [5.41, 5.74) is 8.09. The molecule has 0 radical (unpaired) electrons. The Morgan fingerprint density at radius 1 is 0.905 bits per heavy atom. The molecule has 0 fully saturated rings. The molecule has 0 heterocycles. The summed E-state index contributed by atoms with van der Waals surface area (Å²) >= 11 is 0. The first kappa shape index (κ1) is 15.3. The molecule has 2 aromatic rings. The van der Waals surface area contributed by atoms with Crippen molar-refractivity contribution in [3.8, 4) is 0 Å². The Bertz CT molecular complexity index is 514. The van der Waals surface area contributed by atoms with Crippen molar-refractivity contribution in [1.29, 1.82) is 0 Å². The molecular formula is C18H21NO2. The standard InChI is InChI=1S/C18H21NO2/c19-17(18(20)21)13-7-12-16(14-8-3-1-4-9-14)15-10-5-2-6-11-15/h1-6,8-11,16-17H,7,12-13,19H2,(H,20,21). The fraction of sp³-hybridized carbons (Fsp3) is 0.278. The van der Waals surface area contributed by atoms with Crippen molar-refractivity contribution < 1.29 is 9.90 Å². The molecule has 0 saturated carbocycles. The first-order valence-corrected chi connectivity index (χ1v) is 7.26. The molecule has 21 heavy (non-hydrogen) atoms. The lowest BCUT2D eigenvalue weighted by atomic mass is 9.86. The minimum Gasteiger partial charge on any atom is -0.480 e. The van der Waals surface area contributed by atoms with Gasteiger partial charge in [0.15, 0.2) is 0 Å². The maximum atomic E-state index is 10.8. The van der Waals surface area contributed by atoms with E-state index in [2.05, 4.69) is 24.3 Å². The van der Waals surface area contributed by atoms with Gasteiger partial charge in [0.2, 0.25) is 0 Å². The second-order valence-corrected chi connectivity index (χ2v) is 5.25. The Labute approximate surface area is 125 Å². The van der Waals surface area contributed by atoms with Gasteiger partial charge in [-0.1, -0.05) is 67.1 Å². The van der Waals surface area contributed by atoms with Crippen molar-refractivity contribution in [3.63, 3.8) is 0 Å². The van der Waals surface area contributed by atoms with Crippen LogP contribution in [0.2, 0.25) is 0 Å². The molecule has 0 aliphatic carbocycles. The van der Waals surface area contributed by atoms with Gasteiger partial charge in [0.1, 0.15) is 6.04 Å². The fourth-order valence-electron chi connectivity index (χ4n) is 2.56. The molecule has 0 aromatic heterocycles. The minimum absolute atomic E-state index is 0.286. The molecule has 0 bridgehead atoms. The van der Waals surface area contributed by atoms with E-state index in [0.29, 0.717) is 6.42 Å². The van der Waals surface area contributed by atoms with Crippen LogP contribution in [0.1, 0.15) is 36.3 Å². The normalized spacial score (nSPS) is 12.3. The summed E-state index contributed by atoms with van der Waals surface area (Å²) in [7, 11) is 0. The Morgan fingerprint density at radius 3 is 1.81 bits per heavy atom. The zero-order valence-corrected chi connectivity index (χ0v) is 12.0. The number of hydrogen-bond acceptors (Lipinski definition) is 2. The third-order valence-corrected chi connectivity index (χ3v) is 3.73. The molecular weight excluding hydrogens is 262 g/mol. The van der Waals surface area contributed by atoms with Gasteiger partial charge in [0.25, 0.3) is 0 Å². The molecule has 0 aliphatic heterocycles. The van der Waals surface area contributed by atoms with Crippen molar-refractivity contribution >= 4 is 5.97 Å². The molecule has 0 amide bonds. The van der Waals surface area contributed by atoms with E-state index < -0.39 is 12.0 Å². The van der Waals surface area contributed by atoms with Crippen molar-refractivity contribution in [2.45, 2.75) is 31.2 Å². The zero-order chi connectivity index (χ0) is 15.1. The summed E-state index contributed by atoms with van der Waals surface area (Å²) in [6.45, 7) is 0. The number of carboxylic acids is 1. The molecule has 0 spiro atoms. The maximum Gasteiger partial charge on any atom is 0.320 e. The predicted molar refractivity (Wildman–Crippen MR) is 84.2 cm³/mol. The number of nitrogens with two attached hydrogens (primary N) is 1. The lowest BCUT2D eigenvalue weighted by Gasteiger charge is -2.18. The van der Waals surface area contributed by atoms with Crippen LogP contribution < -0.4 is 5.73 Å². The lowest BCUT2D eigenvalue weighted by Crippen LogP contribution is -2.29. The molecule has 2 aromatic carbocycles. The zero-order valence-electron chi connectivity index (χ0n) is 12.0. The summed E-state index contributed by atoms with van der Waals surface area (Å²) < 4.78 is 0. The number of hydrogen-bond donors (Lipinski definition) is 2. The Kier molecular flexibility index (Phi) is 5.52. The van der Waals surface area contributed by atoms with E-state index in [1.807, 2.05) is 36.4 Å². The smallest absolute Gasteiger partial charge is 0.320 e. The lowest BCUT2D eigenvalue weighted by molar-refractivity contribution is -0.138. The number of aliphatic carboxylic acids is 1. The van der Waals surface area contributed by atoms with Crippen LogP contribution in [0.25, 0.3) is 0 Å². The van der Waals surface area contributed by atoms with E-state index in [1.165, 1.54) is 11.1 Å². The highest BCUT2D eigenvalue weighted by Crippen LogP contribution is 2.29. The number of benzene rings is 2.